The number of aliphatic hydroxyl groups is 1. The molecule has 3 rings (SSSR count). The smallest absolute Gasteiger partial charge is 0.224 e. The van der Waals surface area contributed by atoms with Gasteiger partial charge in [0.25, 0.3) is 0 Å². The lowest BCUT2D eigenvalue weighted by molar-refractivity contribution is -0.115. The van der Waals surface area contributed by atoms with Gasteiger partial charge in [0.05, 0.1) is 18.0 Å². The van der Waals surface area contributed by atoms with Gasteiger partial charge in [-0.2, -0.15) is 0 Å². The summed E-state index contributed by atoms with van der Waals surface area (Å²) in [4.78, 5) is 16.3. The molecule has 1 atom stereocenters. The van der Waals surface area contributed by atoms with Crippen LogP contribution in [0.2, 0.25) is 0 Å². The van der Waals surface area contributed by atoms with Crippen molar-refractivity contribution in [3.8, 4) is 11.5 Å². The van der Waals surface area contributed by atoms with E-state index in [2.05, 4.69) is 21.2 Å². The lowest BCUT2D eigenvalue weighted by Gasteiger charge is -2.37. The van der Waals surface area contributed by atoms with E-state index in [1.165, 1.54) is 0 Å². The Morgan fingerprint density at radius 3 is 2.39 bits per heavy atom. The SMILES string of the molecule is CCOc1ccccc1N1CCN(CC(O)COc2ccccc2NC(=O)CC)CC1. The number of aliphatic hydroxyl groups excluding tert-OH is 1. The van der Waals surface area contributed by atoms with Crippen LogP contribution in [-0.4, -0.2) is 68.0 Å². The van der Waals surface area contributed by atoms with Crippen LogP contribution in [0.5, 0.6) is 11.5 Å². The molecule has 7 heteroatoms. The van der Waals surface area contributed by atoms with E-state index in [1.54, 1.807) is 19.1 Å². The van der Waals surface area contributed by atoms with Crippen molar-refractivity contribution >= 4 is 17.3 Å². The molecule has 0 bridgehead atoms. The number of nitrogens with one attached hydrogen (secondary N) is 1. The standard InChI is InChI=1S/C24H33N3O4/c1-3-24(29)25-20-9-5-7-11-22(20)31-18-19(28)17-26-13-15-27(16-14-26)21-10-6-8-12-23(21)30-4-2/h5-12,19,28H,3-4,13-18H2,1-2H3,(H,25,29). The molecular weight excluding hydrogens is 394 g/mol. The third kappa shape index (κ3) is 6.60. The second-order valence-electron chi connectivity index (χ2n) is 7.55. The molecule has 0 spiro atoms. The Hall–Kier alpha value is -2.77. The number of piperazine rings is 1. The van der Waals surface area contributed by atoms with Gasteiger partial charge in [0, 0.05) is 39.1 Å². The molecule has 2 N–H and O–H groups in total. The van der Waals surface area contributed by atoms with Crippen molar-refractivity contribution in [2.75, 3.05) is 56.2 Å². The van der Waals surface area contributed by atoms with Crippen molar-refractivity contribution in [2.24, 2.45) is 0 Å². The highest BCUT2D eigenvalue weighted by Gasteiger charge is 2.21. The lowest BCUT2D eigenvalue weighted by atomic mass is 10.2. The fraction of sp³-hybridized carbons (Fsp3) is 0.458. The number of anilines is 2. The quantitative estimate of drug-likeness (QED) is 0.607. The largest absolute Gasteiger partial charge is 0.492 e. The Kier molecular flexibility index (Phi) is 8.55. The summed E-state index contributed by atoms with van der Waals surface area (Å²) in [6.45, 7) is 8.64. The number of carbonyl (C=O) groups is 1. The second-order valence-corrected chi connectivity index (χ2v) is 7.55. The fourth-order valence-electron chi connectivity index (χ4n) is 3.64. The van der Waals surface area contributed by atoms with E-state index in [1.807, 2.05) is 37.3 Å². The van der Waals surface area contributed by atoms with Gasteiger partial charge in [-0.15, -0.1) is 0 Å². The number of β-amino-alcohol motifs (C(OH)–C–C–N with tert-alkyl or cyclic N) is 1. The molecule has 1 heterocycles. The predicted molar refractivity (Wildman–Crippen MR) is 123 cm³/mol. The van der Waals surface area contributed by atoms with Crippen molar-refractivity contribution in [1.29, 1.82) is 0 Å². The maximum atomic E-state index is 11.7. The first kappa shape index (κ1) is 22.9. The minimum absolute atomic E-state index is 0.0691. The molecule has 7 nitrogen and oxygen atoms in total. The van der Waals surface area contributed by atoms with E-state index in [-0.39, 0.29) is 12.5 Å². The first-order valence-electron chi connectivity index (χ1n) is 11.0. The van der Waals surface area contributed by atoms with Gasteiger partial charge in [0.2, 0.25) is 5.91 Å². The molecule has 0 radical (unpaired) electrons. The van der Waals surface area contributed by atoms with Crippen LogP contribution in [0.3, 0.4) is 0 Å². The van der Waals surface area contributed by atoms with Gasteiger partial charge in [-0.05, 0) is 31.2 Å². The van der Waals surface area contributed by atoms with Crippen molar-refractivity contribution < 1.29 is 19.4 Å². The Bertz CT molecular complexity index is 837. The van der Waals surface area contributed by atoms with E-state index >= 15 is 0 Å². The summed E-state index contributed by atoms with van der Waals surface area (Å²) in [6, 6.07) is 15.4. The Morgan fingerprint density at radius 1 is 1.00 bits per heavy atom. The van der Waals surface area contributed by atoms with Crippen molar-refractivity contribution in [3.63, 3.8) is 0 Å². The number of amides is 1. The summed E-state index contributed by atoms with van der Waals surface area (Å²) in [5, 5.41) is 13.3. The summed E-state index contributed by atoms with van der Waals surface area (Å²) in [6.07, 6.45) is -0.213. The Balaban J connectivity index is 1.47. The minimum atomic E-state index is -0.614. The number of ether oxygens (including phenoxy) is 2. The molecule has 1 aliphatic heterocycles. The summed E-state index contributed by atoms with van der Waals surface area (Å²) in [5.41, 5.74) is 1.75. The normalized spacial score (nSPS) is 15.4. The highest BCUT2D eigenvalue weighted by atomic mass is 16.5. The third-order valence-electron chi connectivity index (χ3n) is 5.26. The van der Waals surface area contributed by atoms with Crippen molar-refractivity contribution in [3.05, 3.63) is 48.5 Å². The van der Waals surface area contributed by atoms with Crippen molar-refractivity contribution in [2.45, 2.75) is 26.4 Å². The zero-order valence-corrected chi connectivity index (χ0v) is 18.4. The highest BCUT2D eigenvalue weighted by Crippen LogP contribution is 2.29. The number of para-hydroxylation sites is 4. The molecule has 2 aromatic carbocycles. The number of carbonyl (C=O) groups excluding carboxylic acids is 1. The molecule has 1 fully saturated rings. The average molecular weight is 428 g/mol. The number of benzene rings is 2. The van der Waals surface area contributed by atoms with Gasteiger partial charge in [-0.25, -0.2) is 0 Å². The monoisotopic (exact) mass is 427 g/mol. The Morgan fingerprint density at radius 2 is 1.68 bits per heavy atom. The topological polar surface area (TPSA) is 74.3 Å². The first-order chi connectivity index (χ1) is 15.1. The molecule has 168 valence electrons. The highest BCUT2D eigenvalue weighted by molar-refractivity contribution is 5.91. The molecule has 2 aromatic rings. The fourth-order valence-corrected chi connectivity index (χ4v) is 3.64. The number of hydrogen-bond acceptors (Lipinski definition) is 6. The lowest BCUT2D eigenvalue weighted by Crippen LogP contribution is -2.49. The summed E-state index contributed by atoms with van der Waals surface area (Å²) in [5.74, 6) is 1.42. The zero-order valence-electron chi connectivity index (χ0n) is 18.4. The van der Waals surface area contributed by atoms with Gasteiger partial charge in [0.1, 0.15) is 24.2 Å². The first-order valence-corrected chi connectivity index (χ1v) is 11.0. The number of nitrogens with zero attached hydrogens (tertiary/aromatic N) is 2. The minimum Gasteiger partial charge on any atom is -0.492 e. The van der Waals surface area contributed by atoms with Crippen LogP contribution in [0.25, 0.3) is 0 Å². The van der Waals surface area contributed by atoms with Crippen LogP contribution in [-0.2, 0) is 4.79 Å². The third-order valence-corrected chi connectivity index (χ3v) is 5.26. The Labute approximate surface area is 184 Å². The van der Waals surface area contributed by atoms with Crippen molar-refractivity contribution in [1.82, 2.24) is 4.90 Å². The maximum absolute atomic E-state index is 11.7. The van der Waals surface area contributed by atoms with Crippen LogP contribution in [0.15, 0.2) is 48.5 Å². The van der Waals surface area contributed by atoms with Crippen LogP contribution in [0, 0.1) is 0 Å². The van der Waals surface area contributed by atoms with Gasteiger partial charge in [-0.1, -0.05) is 31.2 Å². The van der Waals surface area contributed by atoms with E-state index in [9.17, 15) is 9.90 Å². The van der Waals surface area contributed by atoms with E-state index in [0.29, 0.717) is 31.0 Å². The van der Waals surface area contributed by atoms with E-state index in [0.717, 1.165) is 37.6 Å². The van der Waals surface area contributed by atoms with Crippen LogP contribution >= 0.6 is 0 Å². The molecule has 1 amide bonds. The number of rotatable bonds is 10. The molecule has 1 unspecified atom stereocenters. The molecule has 31 heavy (non-hydrogen) atoms. The van der Waals surface area contributed by atoms with Gasteiger partial charge in [0.15, 0.2) is 0 Å². The predicted octanol–water partition coefficient (Wildman–Crippen LogP) is 3.00. The molecule has 0 aliphatic carbocycles. The molecule has 0 aromatic heterocycles. The van der Waals surface area contributed by atoms with Gasteiger partial charge < -0.3 is 24.8 Å². The van der Waals surface area contributed by atoms with Gasteiger partial charge >= 0.3 is 0 Å². The molecule has 1 aliphatic rings. The van der Waals surface area contributed by atoms with Gasteiger partial charge in [-0.3, -0.25) is 9.69 Å². The van der Waals surface area contributed by atoms with E-state index < -0.39 is 6.10 Å². The molecule has 0 saturated carbocycles. The van der Waals surface area contributed by atoms with E-state index in [4.69, 9.17) is 9.47 Å². The number of hydrogen-bond donors (Lipinski definition) is 2. The zero-order chi connectivity index (χ0) is 22.1. The maximum Gasteiger partial charge on any atom is 0.224 e. The summed E-state index contributed by atoms with van der Waals surface area (Å²) < 4.78 is 11.6. The second kappa shape index (κ2) is 11.6. The summed E-state index contributed by atoms with van der Waals surface area (Å²) >= 11 is 0. The summed E-state index contributed by atoms with van der Waals surface area (Å²) in [7, 11) is 0. The molecule has 1 saturated heterocycles. The van der Waals surface area contributed by atoms with Crippen LogP contribution in [0.4, 0.5) is 11.4 Å². The van der Waals surface area contributed by atoms with Crippen LogP contribution in [0.1, 0.15) is 20.3 Å². The van der Waals surface area contributed by atoms with Crippen LogP contribution < -0.4 is 19.7 Å². The molecular formula is C24H33N3O4. The average Bonchev–Trinajstić information content (AvgIpc) is 2.79.